The van der Waals surface area contributed by atoms with Gasteiger partial charge in [-0.15, -0.1) is 0 Å². The summed E-state index contributed by atoms with van der Waals surface area (Å²) < 4.78 is 13.4. The number of nitrogens with zero attached hydrogens (tertiary/aromatic N) is 4. The van der Waals surface area contributed by atoms with Gasteiger partial charge in [-0.2, -0.15) is 0 Å². The predicted octanol–water partition coefficient (Wildman–Crippen LogP) is 2.74. The third kappa shape index (κ3) is 3.06. The molecule has 3 aromatic rings. The molecule has 1 aliphatic carbocycles. The summed E-state index contributed by atoms with van der Waals surface area (Å²) in [5.74, 6) is 1.59. The van der Waals surface area contributed by atoms with Gasteiger partial charge < -0.3 is 14.4 Å². The van der Waals surface area contributed by atoms with Crippen LogP contribution in [0, 0.1) is 0 Å². The molecule has 0 spiro atoms. The van der Waals surface area contributed by atoms with Crippen LogP contribution in [0.25, 0.3) is 11.3 Å². The van der Waals surface area contributed by atoms with E-state index in [-0.39, 0.29) is 17.7 Å². The van der Waals surface area contributed by atoms with Gasteiger partial charge >= 0.3 is 0 Å². The first kappa shape index (κ1) is 18.8. The SMILES string of the molecule is COc1cccc2c1CC[C@H]1[C@@H]2OCCN1c1nc(-c2ccncc2)cc(=O)n1C. The summed E-state index contributed by atoms with van der Waals surface area (Å²) in [5.41, 5.74) is 3.86. The second-order valence-corrected chi connectivity index (χ2v) is 7.69. The Bertz CT molecular complexity index is 1130. The molecular formula is C23H24N4O3. The molecule has 2 aromatic heterocycles. The number of methoxy groups -OCH3 is 1. The number of aromatic nitrogens is 3. The van der Waals surface area contributed by atoms with E-state index < -0.39 is 0 Å². The van der Waals surface area contributed by atoms with Crippen LogP contribution in [-0.4, -0.2) is 40.8 Å². The molecule has 1 saturated heterocycles. The minimum atomic E-state index is -0.0762. The number of hydrogen-bond donors (Lipinski definition) is 0. The van der Waals surface area contributed by atoms with Crippen molar-refractivity contribution in [3.05, 3.63) is 70.3 Å². The number of rotatable bonds is 3. The fourth-order valence-corrected chi connectivity index (χ4v) is 4.63. The topological polar surface area (TPSA) is 69.5 Å². The van der Waals surface area contributed by atoms with E-state index in [2.05, 4.69) is 16.0 Å². The number of anilines is 1. The van der Waals surface area contributed by atoms with Gasteiger partial charge in [-0.1, -0.05) is 12.1 Å². The first-order valence-electron chi connectivity index (χ1n) is 10.2. The quantitative estimate of drug-likeness (QED) is 0.669. The molecule has 0 amide bonds. The van der Waals surface area contributed by atoms with E-state index in [1.165, 1.54) is 11.1 Å². The molecule has 1 aliphatic heterocycles. The smallest absolute Gasteiger partial charge is 0.255 e. The molecule has 0 unspecified atom stereocenters. The number of hydrogen-bond acceptors (Lipinski definition) is 6. The molecule has 5 rings (SSSR count). The highest BCUT2D eigenvalue weighted by atomic mass is 16.5. The first-order valence-corrected chi connectivity index (χ1v) is 10.2. The molecule has 0 saturated carbocycles. The van der Waals surface area contributed by atoms with Crippen molar-refractivity contribution in [2.24, 2.45) is 7.05 Å². The van der Waals surface area contributed by atoms with Gasteiger partial charge in [0, 0.05) is 43.2 Å². The van der Waals surface area contributed by atoms with Gasteiger partial charge in [0.25, 0.3) is 5.56 Å². The molecule has 154 valence electrons. The lowest BCUT2D eigenvalue weighted by molar-refractivity contribution is 0.00148. The van der Waals surface area contributed by atoms with Crippen LogP contribution in [0.2, 0.25) is 0 Å². The van der Waals surface area contributed by atoms with Crippen molar-refractivity contribution >= 4 is 5.95 Å². The van der Waals surface area contributed by atoms with Gasteiger partial charge in [-0.3, -0.25) is 14.3 Å². The van der Waals surface area contributed by atoms with Gasteiger partial charge in [0.15, 0.2) is 0 Å². The average molecular weight is 404 g/mol. The third-order valence-corrected chi connectivity index (χ3v) is 6.11. The molecule has 7 nitrogen and oxygen atoms in total. The summed E-state index contributed by atoms with van der Waals surface area (Å²) in [6, 6.07) is 11.6. The molecule has 3 heterocycles. The lowest BCUT2D eigenvalue weighted by atomic mass is 9.83. The molecule has 2 aliphatic rings. The average Bonchev–Trinajstić information content (AvgIpc) is 2.80. The summed E-state index contributed by atoms with van der Waals surface area (Å²) in [5, 5.41) is 0. The summed E-state index contributed by atoms with van der Waals surface area (Å²) in [6.07, 6.45) is 5.17. The van der Waals surface area contributed by atoms with E-state index in [0.717, 1.165) is 24.2 Å². The van der Waals surface area contributed by atoms with E-state index >= 15 is 0 Å². The van der Waals surface area contributed by atoms with Crippen molar-refractivity contribution in [2.45, 2.75) is 25.0 Å². The van der Waals surface area contributed by atoms with Crippen LogP contribution in [-0.2, 0) is 18.2 Å². The van der Waals surface area contributed by atoms with Crippen molar-refractivity contribution < 1.29 is 9.47 Å². The molecule has 0 radical (unpaired) electrons. The van der Waals surface area contributed by atoms with Crippen molar-refractivity contribution in [2.75, 3.05) is 25.2 Å². The van der Waals surface area contributed by atoms with Crippen molar-refractivity contribution in [3.63, 3.8) is 0 Å². The highest BCUT2D eigenvalue weighted by molar-refractivity contribution is 5.60. The number of benzene rings is 1. The minimum absolute atomic E-state index is 0.0703. The molecule has 0 bridgehead atoms. The Balaban J connectivity index is 1.57. The Kier molecular flexibility index (Phi) is 4.75. The Morgan fingerprint density at radius 2 is 2.03 bits per heavy atom. The van der Waals surface area contributed by atoms with Crippen LogP contribution in [0.3, 0.4) is 0 Å². The van der Waals surface area contributed by atoms with Crippen LogP contribution < -0.4 is 15.2 Å². The second-order valence-electron chi connectivity index (χ2n) is 7.69. The fourth-order valence-electron chi connectivity index (χ4n) is 4.63. The third-order valence-electron chi connectivity index (χ3n) is 6.11. The maximum Gasteiger partial charge on any atom is 0.255 e. The van der Waals surface area contributed by atoms with Crippen molar-refractivity contribution in [1.82, 2.24) is 14.5 Å². The van der Waals surface area contributed by atoms with Gasteiger partial charge in [-0.25, -0.2) is 4.98 Å². The maximum atomic E-state index is 12.8. The van der Waals surface area contributed by atoms with Crippen LogP contribution in [0.5, 0.6) is 5.75 Å². The van der Waals surface area contributed by atoms with E-state index in [0.29, 0.717) is 24.8 Å². The number of ether oxygens (including phenoxy) is 2. The lowest BCUT2D eigenvalue weighted by Gasteiger charge is -2.45. The van der Waals surface area contributed by atoms with Crippen LogP contribution in [0.15, 0.2) is 53.6 Å². The van der Waals surface area contributed by atoms with E-state index in [1.807, 2.05) is 24.3 Å². The molecule has 7 heteroatoms. The summed E-state index contributed by atoms with van der Waals surface area (Å²) in [6.45, 7) is 1.27. The second kappa shape index (κ2) is 7.57. The zero-order chi connectivity index (χ0) is 20.7. The summed E-state index contributed by atoms with van der Waals surface area (Å²) in [4.78, 5) is 23.9. The largest absolute Gasteiger partial charge is 0.496 e. The lowest BCUT2D eigenvalue weighted by Crippen LogP contribution is -2.51. The molecule has 0 N–H and O–H groups in total. The van der Waals surface area contributed by atoms with Crippen molar-refractivity contribution in [3.8, 4) is 17.0 Å². The zero-order valence-corrected chi connectivity index (χ0v) is 17.1. The van der Waals surface area contributed by atoms with Crippen LogP contribution >= 0.6 is 0 Å². The number of morpholine rings is 1. The van der Waals surface area contributed by atoms with Crippen LogP contribution in [0.1, 0.15) is 23.7 Å². The van der Waals surface area contributed by atoms with Crippen molar-refractivity contribution in [1.29, 1.82) is 0 Å². The Hall–Kier alpha value is -3.19. The Morgan fingerprint density at radius 1 is 1.20 bits per heavy atom. The Morgan fingerprint density at radius 3 is 2.83 bits per heavy atom. The van der Waals surface area contributed by atoms with Gasteiger partial charge in [0.05, 0.1) is 25.5 Å². The van der Waals surface area contributed by atoms with Gasteiger partial charge in [0.1, 0.15) is 11.9 Å². The molecular weight excluding hydrogens is 380 g/mol. The highest BCUT2D eigenvalue weighted by Crippen LogP contribution is 2.42. The van der Waals surface area contributed by atoms with E-state index in [9.17, 15) is 4.79 Å². The monoisotopic (exact) mass is 404 g/mol. The standard InChI is InChI=1S/C23H24N4O3/c1-26-21(28)14-18(15-8-10-24-11-9-15)25-23(26)27-12-13-30-22-17-4-3-5-20(29-2)16(17)6-7-19(22)27/h3-5,8-11,14,19,22H,6-7,12-13H2,1-2H3/t19-,22+/m0/s1. The van der Waals surface area contributed by atoms with Gasteiger partial charge in [-0.05, 0) is 36.6 Å². The zero-order valence-electron chi connectivity index (χ0n) is 17.1. The molecule has 1 fully saturated rings. The normalized spacial score (nSPS) is 20.4. The van der Waals surface area contributed by atoms with E-state index in [1.54, 1.807) is 37.2 Å². The van der Waals surface area contributed by atoms with E-state index in [4.69, 9.17) is 14.5 Å². The number of pyridine rings is 1. The minimum Gasteiger partial charge on any atom is -0.496 e. The fraction of sp³-hybridized carbons (Fsp3) is 0.348. The maximum absolute atomic E-state index is 12.8. The Labute approximate surface area is 174 Å². The van der Waals surface area contributed by atoms with Crippen LogP contribution in [0.4, 0.5) is 5.95 Å². The summed E-state index contributed by atoms with van der Waals surface area (Å²) in [7, 11) is 3.49. The summed E-state index contributed by atoms with van der Waals surface area (Å²) >= 11 is 0. The molecule has 30 heavy (non-hydrogen) atoms. The molecule has 1 aromatic carbocycles. The predicted molar refractivity (Wildman–Crippen MR) is 114 cm³/mol. The highest BCUT2D eigenvalue weighted by Gasteiger charge is 2.39. The van der Waals surface area contributed by atoms with Gasteiger partial charge in [0.2, 0.25) is 5.95 Å². The molecule has 2 atom stereocenters. The first-order chi connectivity index (χ1) is 14.7. The number of fused-ring (bicyclic) bond motifs is 3.